The Morgan fingerprint density at radius 2 is 1.50 bits per heavy atom. The SMILES string of the molecule is CC(=O)Nc1ccc(-c2ccc(C)c3c2C2CC(C(C)C)C3C=C2C)cc1.CC1(C)OB(c2ccccc2)OC1(C)C. The Balaban J connectivity index is 0.000000199. The van der Waals surface area contributed by atoms with Gasteiger partial charge in [0.15, 0.2) is 0 Å². The molecule has 220 valence electrons. The van der Waals surface area contributed by atoms with Crippen LogP contribution in [0.1, 0.15) is 90.3 Å². The Kier molecular flexibility index (Phi) is 8.30. The van der Waals surface area contributed by atoms with E-state index >= 15 is 0 Å². The number of anilines is 1. The number of amides is 1. The van der Waals surface area contributed by atoms with E-state index < -0.39 is 0 Å². The Hall–Kier alpha value is -3.15. The minimum Gasteiger partial charge on any atom is -0.399 e. The van der Waals surface area contributed by atoms with Crippen LogP contribution in [-0.4, -0.2) is 24.2 Å². The number of aryl methyl sites for hydroxylation is 1. The van der Waals surface area contributed by atoms with Gasteiger partial charge >= 0.3 is 7.12 Å². The summed E-state index contributed by atoms with van der Waals surface area (Å²) in [6.45, 7) is 19.1. The van der Waals surface area contributed by atoms with Crippen LogP contribution in [0, 0.1) is 18.8 Å². The standard InChI is InChI=1S/C25H29NO.C12H17BO2/c1-14(2)21-13-22-16(4)12-23(21)24-15(3)6-11-20(25(22)24)18-7-9-19(10-8-18)26-17(5)27;1-11(2)12(3,4)15-13(14-11)10-8-6-5-7-9-10/h6-12,14,21-23H,13H2,1-5H3,(H,26,27);5-9H,1-4H3. The second-order valence-electron chi connectivity index (χ2n) is 13.6. The first-order valence-electron chi connectivity index (χ1n) is 15.4. The molecule has 1 heterocycles. The van der Waals surface area contributed by atoms with Crippen molar-refractivity contribution in [1.82, 2.24) is 0 Å². The molecule has 0 spiro atoms. The van der Waals surface area contributed by atoms with Gasteiger partial charge in [-0.05, 0) is 105 Å². The van der Waals surface area contributed by atoms with Crippen molar-refractivity contribution in [3.63, 3.8) is 0 Å². The molecule has 4 nitrogen and oxygen atoms in total. The molecule has 1 aliphatic heterocycles. The van der Waals surface area contributed by atoms with Crippen molar-refractivity contribution in [2.45, 2.75) is 91.8 Å². The normalized spacial score (nSPS) is 23.1. The molecular weight excluding hydrogens is 517 g/mol. The summed E-state index contributed by atoms with van der Waals surface area (Å²) >= 11 is 0. The van der Waals surface area contributed by atoms with E-state index in [4.69, 9.17) is 9.31 Å². The summed E-state index contributed by atoms with van der Waals surface area (Å²) in [5.41, 5.74) is 10.1. The molecule has 5 heteroatoms. The van der Waals surface area contributed by atoms with E-state index in [2.05, 4.69) is 91.0 Å². The third kappa shape index (κ3) is 5.74. The zero-order valence-electron chi connectivity index (χ0n) is 26.7. The summed E-state index contributed by atoms with van der Waals surface area (Å²) in [7, 11) is -0.240. The van der Waals surface area contributed by atoms with E-state index in [1.165, 1.54) is 28.7 Å². The summed E-state index contributed by atoms with van der Waals surface area (Å²) in [6.07, 6.45) is 3.80. The Bertz CT molecular complexity index is 1460. The van der Waals surface area contributed by atoms with Gasteiger partial charge in [-0.1, -0.05) is 80.1 Å². The maximum Gasteiger partial charge on any atom is 0.494 e. The number of nitrogens with one attached hydrogen (secondary N) is 1. The zero-order chi connectivity index (χ0) is 30.4. The number of benzene rings is 3. The summed E-state index contributed by atoms with van der Waals surface area (Å²) in [5.74, 6) is 2.48. The van der Waals surface area contributed by atoms with Crippen LogP contribution in [0.5, 0.6) is 0 Å². The minimum absolute atomic E-state index is 0.0340. The summed E-state index contributed by atoms with van der Waals surface area (Å²) in [6, 6.07) is 22.9. The maximum atomic E-state index is 11.3. The molecule has 0 aromatic heterocycles. The third-order valence-electron chi connectivity index (χ3n) is 9.85. The fourth-order valence-corrected chi connectivity index (χ4v) is 6.80. The first-order valence-corrected chi connectivity index (χ1v) is 15.4. The van der Waals surface area contributed by atoms with Crippen LogP contribution >= 0.6 is 0 Å². The molecule has 3 aliphatic carbocycles. The number of carbonyl (C=O) groups excluding carboxylic acids is 1. The number of hydrogen-bond donors (Lipinski definition) is 1. The fraction of sp³-hybridized carbons (Fsp3) is 0.432. The van der Waals surface area contributed by atoms with Gasteiger partial charge in [0.25, 0.3) is 0 Å². The molecule has 3 unspecified atom stereocenters. The highest BCUT2D eigenvalue weighted by molar-refractivity contribution is 6.62. The molecule has 42 heavy (non-hydrogen) atoms. The number of carbonyl (C=O) groups is 1. The van der Waals surface area contributed by atoms with Gasteiger partial charge in [-0.2, -0.15) is 0 Å². The molecule has 3 aromatic rings. The monoisotopic (exact) mass is 563 g/mol. The van der Waals surface area contributed by atoms with Crippen molar-refractivity contribution in [2.75, 3.05) is 5.32 Å². The second kappa shape index (κ2) is 11.5. The van der Waals surface area contributed by atoms with Gasteiger partial charge in [0.1, 0.15) is 0 Å². The topological polar surface area (TPSA) is 47.6 Å². The van der Waals surface area contributed by atoms with E-state index in [-0.39, 0.29) is 24.2 Å². The van der Waals surface area contributed by atoms with Crippen LogP contribution in [0.25, 0.3) is 11.1 Å². The van der Waals surface area contributed by atoms with Gasteiger partial charge in [0.2, 0.25) is 5.91 Å². The molecule has 3 aromatic carbocycles. The average Bonchev–Trinajstić information content (AvgIpc) is 3.16. The average molecular weight is 564 g/mol. The minimum atomic E-state index is -0.256. The Morgan fingerprint density at radius 1 is 0.881 bits per heavy atom. The molecule has 7 rings (SSSR count). The van der Waals surface area contributed by atoms with Crippen molar-refractivity contribution in [3.8, 4) is 11.1 Å². The van der Waals surface area contributed by atoms with Gasteiger partial charge in [-0.3, -0.25) is 4.79 Å². The van der Waals surface area contributed by atoms with Gasteiger partial charge < -0.3 is 14.6 Å². The highest BCUT2D eigenvalue weighted by Crippen LogP contribution is 2.56. The highest BCUT2D eigenvalue weighted by atomic mass is 16.7. The van der Waals surface area contributed by atoms with E-state index in [9.17, 15) is 4.79 Å². The lowest BCUT2D eigenvalue weighted by Gasteiger charge is -2.46. The van der Waals surface area contributed by atoms with Crippen molar-refractivity contribution >= 4 is 24.2 Å². The summed E-state index contributed by atoms with van der Waals surface area (Å²) in [4.78, 5) is 11.3. The van der Waals surface area contributed by atoms with E-state index in [0.717, 1.165) is 17.1 Å². The maximum absolute atomic E-state index is 11.3. The first-order chi connectivity index (χ1) is 19.8. The van der Waals surface area contributed by atoms with Crippen LogP contribution in [0.2, 0.25) is 0 Å². The van der Waals surface area contributed by atoms with E-state index in [1.54, 1.807) is 18.1 Å². The smallest absolute Gasteiger partial charge is 0.399 e. The molecular formula is C37H46BNO3. The van der Waals surface area contributed by atoms with Crippen LogP contribution < -0.4 is 10.8 Å². The molecule has 3 atom stereocenters. The number of hydrogen-bond acceptors (Lipinski definition) is 3. The lowest BCUT2D eigenvalue weighted by atomic mass is 9.58. The summed E-state index contributed by atoms with van der Waals surface area (Å²) in [5, 5.41) is 2.86. The summed E-state index contributed by atoms with van der Waals surface area (Å²) < 4.78 is 11.9. The molecule has 0 radical (unpaired) electrons. The van der Waals surface area contributed by atoms with E-state index in [0.29, 0.717) is 17.8 Å². The zero-order valence-corrected chi connectivity index (χ0v) is 26.7. The van der Waals surface area contributed by atoms with Crippen LogP contribution in [-0.2, 0) is 14.1 Å². The molecule has 1 N–H and O–H groups in total. The van der Waals surface area contributed by atoms with Crippen LogP contribution in [0.3, 0.4) is 0 Å². The van der Waals surface area contributed by atoms with Gasteiger partial charge in [-0.25, -0.2) is 0 Å². The highest BCUT2D eigenvalue weighted by Gasteiger charge is 2.51. The first kappa shape index (κ1) is 30.3. The second-order valence-corrected chi connectivity index (χ2v) is 13.6. The van der Waals surface area contributed by atoms with Crippen LogP contribution in [0.4, 0.5) is 5.69 Å². The van der Waals surface area contributed by atoms with Gasteiger partial charge in [0.05, 0.1) is 11.2 Å². The molecule has 1 saturated heterocycles. The third-order valence-corrected chi connectivity index (χ3v) is 9.85. The van der Waals surface area contributed by atoms with Gasteiger partial charge in [-0.15, -0.1) is 0 Å². The van der Waals surface area contributed by atoms with Crippen molar-refractivity contribution in [2.24, 2.45) is 11.8 Å². The fourth-order valence-electron chi connectivity index (χ4n) is 6.80. The number of allylic oxidation sites excluding steroid dienone is 2. The predicted octanol–water partition coefficient (Wildman–Crippen LogP) is 8.41. The molecule has 4 aliphatic rings. The van der Waals surface area contributed by atoms with Crippen molar-refractivity contribution < 1.29 is 14.1 Å². The lowest BCUT2D eigenvalue weighted by Crippen LogP contribution is -2.41. The van der Waals surface area contributed by atoms with Crippen LogP contribution in [0.15, 0.2) is 78.4 Å². The Labute approximate surface area is 253 Å². The number of fused-ring (bicyclic) bond motifs is 1. The Morgan fingerprint density at radius 3 is 2.07 bits per heavy atom. The molecule has 0 saturated carbocycles. The van der Waals surface area contributed by atoms with Gasteiger partial charge in [0, 0.05) is 24.4 Å². The largest absolute Gasteiger partial charge is 0.494 e. The number of rotatable bonds is 4. The molecule has 1 fully saturated rings. The van der Waals surface area contributed by atoms with Crippen molar-refractivity contribution in [1.29, 1.82) is 0 Å². The van der Waals surface area contributed by atoms with E-state index in [1.807, 2.05) is 42.5 Å². The molecule has 1 amide bonds. The quantitative estimate of drug-likeness (QED) is 0.256. The molecule has 2 bridgehead atoms. The predicted molar refractivity (Wildman–Crippen MR) is 175 cm³/mol. The lowest BCUT2D eigenvalue weighted by molar-refractivity contribution is -0.114. The van der Waals surface area contributed by atoms with Crippen molar-refractivity contribution in [3.05, 3.63) is 95.1 Å².